The van der Waals surface area contributed by atoms with E-state index in [2.05, 4.69) is 59.3 Å². The van der Waals surface area contributed by atoms with Crippen LogP contribution in [0.5, 0.6) is 0 Å². The number of rotatable bonds is 4. The molecule has 0 bridgehead atoms. The molecule has 0 saturated heterocycles. The molecule has 0 aromatic carbocycles. The van der Waals surface area contributed by atoms with Crippen molar-refractivity contribution >= 4 is 45.3 Å². The van der Waals surface area contributed by atoms with E-state index in [0.29, 0.717) is 0 Å². The minimum absolute atomic E-state index is 1.05. The maximum Gasteiger partial charge on any atom is 0.0445 e. The van der Waals surface area contributed by atoms with Crippen molar-refractivity contribution in [2.75, 3.05) is 0 Å². The summed E-state index contributed by atoms with van der Waals surface area (Å²) >= 11 is 7.45. The summed E-state index contributed by atoms with van der Waals surface area (Å²) in [5.41, 5.74) is 0. The van der Waals surface area contributed by atoms with Crippen molar-refractivity contribution in [3.8, 4) is 19.5 Å². The highest BCUT2D eigenvalue weighted by molar-refractivity contribution is 7.22. The Labute approximate surface area is 140 Å². The van der Waals surface area contributed by atoms with E-state index in [9.17, 15) is 0 Å². The molecule has 4 rings (SSSR count). The highest BCUT2D eigenvalue weighted by Crippen LogP contribution is 2.35. The summed E-state index contributed by atoms with van der Waals surface area (Å²) < 4.78 is 0. The summed E-state index contributed by atoms with van der Waals surface area (Å²) in [6, 6.07) is 17.7. The minimum atomic E-state index is 1.05. The van der Waals surface area contributed by atoms with E-state index in [1.54, 1.807) is 0 Å². The van der Waals surface area contributed by atoms with Gasteiger partial charge in [-0.3, -0.25) is 0 Å². The second-order valence-electron chi connectivity index (χ2n) is 4.66. The predicted octanol–water partition coefficient (Wildman–Crippen LogP) is 6.86. The van der Waals surface area contributed by atoms with Crippen LogP contribution in [0, 0.1) is 0 Å². The Morgan fingerprint density at radius 3 is 1.52 bits per heavy atom. The first kappa shape index (κ1) is 13.5. The number of thiophene rings is 4. The molecule has 21 heavy (non-hydrogen) atoms. The zero-order valence-electron chi connectivity index (χ0n) is 11.1. The van der Waals surface area contributed by atoms with Gasteiger partial charge >= 0.3 is 0 Å². The predicted molar refractivity (Wildman–Crippen MR) is 98.1 cm³/mol. The Hall–Kier alpha value is -1.20. The molecular weight excluding hydrogens is 332 g/mol. The molecule has 0 aliphatic rings. The Morgan fingerprint density at radius 1 is 0.571 bits per heavy atom. The van der Waals surface area contributed by atoms with Crippen LogP contribution < -0.4 is 0 Å². The zero-order chi connectivity index (χ0) is 14.1. The highest BCUT2D eigenvalue weighted by Gasteiger charge is 2.07. The van der Waals surface area contributed by atoms with Crippen LogP contribution in [0.25, 0.3) is 19.5 Å². The molecule has 104 valence electrons. The van der Waals surface area contributed by atoms with Gasteiger partial charge in [-0.1, -0.05) is 12.1 Å². The van der Waals surface area contributed by atoms with Crippen LogP contribution in [0.4, 0.5) is 0 Å². The van der Waals surface area contributed by atoms with Crippen molar-refractivity contribution in [2.45, 2.75) is 6.42 Å². The second kappa shape index (κ2) is 5.89. The highest BCUT2D eigenvalue weighted by atomic mass is 32.1. The van der Waals surface area contributed by atoms with Crippen LogP contribution in [-0.2, 0) is 6.42 Å². The van der Waals surface area contributed by atoms with E-state index in [1.807, 2.05) is 45.3 Å². The van der Waals surface area contributed by atoms with E-state index in [0.717, 1.165) is 6.42 Å². The topological polar surface area (TPSA) is 0 Å². The molecule has 0 N–H and O–H groups in total. The summed E-state index contributed by atoms with van der Waals surface area (Å²) in [7, 11) is 0. The lowest BCUT2D eigenvalue weighted by atomic mass is 10.3. The summed E-state index contributed by atoms with van der Waals surface area (Å²) in [6.45, 7) is 0. The Balaban J connectivity index is 1.54. The lowest BCUT2D eigenvalue weighted by molar-refractivity contribution is 1.31. The van der Waals surface area contributed by atoms with Crippen molar-refractivity contribution in [3.63, 3.8) is 0 Å². The fraction of sp³-hybridized carbons (Fsp3) is 0.0588. The van der Waals surface area contributed by atoms with Crippen LogP contribution >= 0.6 is 45.3 Å². The van der Waals surface area contributed by atoms with Crippen LogP contribution in [0.2, 0.25) is 0 Å². The summed E-state index contributed by atoms with van der Waals surface area (Å²) in [4.78, 5) is 8.40. The number of hydrogen-bond donors (Lipinski definition) is 0. The second-order valence-corrected chi connectivity index (χ2v) is 8.90. The molecule has 0 aliphatic carbocycles. The van der Waals surface area contributed by atoms with Crippen molar-refractivity contribution in [3.05, 3.63) is 69.0 Å². The Bertz CT molecular complexity index is 746. The quantitative estimate of drug-likeness (QED) is 0.379. The van der Waals surface area contributed by atoms with Gasteiger partial charge in [0, 0.05) is 35.7 Å². The van der Waals surface area contributed by atoms with Crippen LogP contribution in [-0.4, -0.2) is 0 Å². The first-order valence-electron chi connectivity index (χ1n) is 6.64. The van der Waals surface area contributed by atoms with E-state index in [4.69, 9.17) is 0 Å². The van der Waals surface area contributed by atoms with Gasteiger partial charge in [0.15, 0.2) is 0 Å². The van der Waals surface area contributed by atoms with Gasteiger partial charge in [-0.15, -0.1) is 45.3 Å². The summed E-state index contributed by atoms with van der Waals surface area (Å²) in [5, 5.41) is 4.28. The Kier molecular flexibility index (Phi) is 3.78. The molecule has 0 nitrogen and oxygen atoms in total. The molecule has 4 aromatic heterocycles. The first-order valence-corrected chi connectivity index (χ1v) is 10.0. The zero-order valence-corrected chi connectivity index (χ0v) is 14.4. The Morgan fingerprint density at radius 2 is 1.10 bits per heavy atom. The molecule has 4 aromatic rings. The lowest BCUT2D eigenvalue weighted by Gasteiger charge is -1.93. The van der Waals surface area contributed by atoms with Crippen LogP contribution in [0.15, 0.2) is 59.3 Å². The van der Waals surface area contributed by atoms with Gasteiger partial charge in [0.05, 0.1) is 0 Å². The maximum atomic E-state index is 2.27. The van der Waals surface area contributed by atoms with Crippen molar-refractivity contribution in [2.24, 2.45) is 0 Å². The minimum Gasteiger partial charge on any atom is -0.143 e. The molecule has 0 atom stereocenters. The third-order valence-corrected chi connectivity index (χ3v) is 7.50. The molecule has 0 spiro atoms. The standard InChI is InChI=1S/C17H12S4/c1-3-14(18-9-1)16-7-5-12(20-16)11-13-6-8-17(21-13)15-4-2-10-19-15/h1-10H,11H2. The summed E-state index contributed by atoms with van der Waals surface area (Å²) in [6.07, 6.45) is 1.05. The average Bonchev–Trinajstić information content (AvgIpc) is 3.28. The number of hydrogen-bond acceptors (Lipinski definition) is 4. The SMILES string of the molecule is c1csc(-c2ccc(Cc3ccc(-c4cccs4)s3)s2)c1. The van der Waals surface area contributed by atoms with Gasteiger partial charge < -0.3 is 0 Å². The van der Waals surface area contributed by atoms with Crippen LogP contribution in [0.3, 0.4) is 0 Å². The van der Waals surface area contributed by atoms with Gasteiger partial charge in [0.25, 0.3) is 0 Å². The largest absolute Gasteiger partial charge is 0.143 e. The first-order chi connectivity index (χ1) is 10.4. The molecule has 0 unspecified atom stereocenters. The van der Waals surface area contributed by atoms with Crippen molar-refractivity contribution in [1.29, 1.82) is 0 Å². The van der Waals surface area contributed by atoms with E-state index < -0.39 is 0 Å². The molecular formula is C17H12S4. The van der Waals surface area contributed by atoms with Gasteiger partial charge in [-0.05, 0) is 47.2 Å². The normalized spacial score (nSPS) is 11.0. The van der Waals surface area contributed by atoms with Gasteiger partial charge in [0.2, 0.25) is 0 Å². The third-order valence-electron chi connectivity index (χ3n) is 3.20. The molecule has 0 fully saturated rings. The summed E-state index contributed by atoms with van der Waals surface area (Å²) in [5.74, 6) is 0. The van der Waals surface area contributed by atoms with Gasteiger partial charge in [-0.2, -0.15) is 0 Å². The van der Waals surface area contributed by atoms with E-state index in [1.165, 1.54) is 29.3 Å². The molecule has 0 radical (unpaired) electrons. The molecule has 0 aliphatic heterocycles. The van der Waals surface area contributed by atoms with Crippen LogP contribution in [0.1, 0.15) is 9.75 Å². The maximum absolute atomic E-state index is 2.27. The van der Waals surface area contributed by atoms with Crippen molar-refractivity contribution in [1.82, 2.24) is 0 Å². The van der Waals surface area contributed by atoms with Crippen molar-refractivity contribution < 1.29 is 0 Å². The molecule has 4 heteroatoms. The van der Waals surface area contributed by atoms with Gasteiger partial charge in [-0.25, -0.2) is 0 Å². The lowest BCUT2D eigenvalue weighted by Crippen LogP contribution is -1.76. The average molecular weight is 345 g/mol. The van der Waals surface area contributed by atoms with Gasteiger partial charge in [0.1, 0.15) is 0 Å². The molecule has 0 saturated carbocycles. The monoisotopic (exact) mass is 344 g/mol. The third kappa shape index (κ3) is 2.90. The van der Waals surface area contributed by atoms with E-state index in [-0.39, 0.29) is 0 Å². The smallest absolute Gasteiger partial charge is 0.0445 e. The molecule has 0 amide bonds. The fourth-order valence-electron chi connectivity index (χ4n) is 2.22. The fourth-order valence-corrected chi connectivity index (χ4v) is 6.04. The molecule has 4 heterocycles. The van der Waals surface area contributed by atoms with E-state index >= 15 is 0 Å².